The molecule has 3 aromatic rings. The molecule has 138 valence electrons. The van der Waals surface area contributed by atoms with E-state index in [1.165, 1.54) is 11.3 Å². The molecular weight excluding hydrogens is 362 g/mol. The summed E-state index contributed by atoms with van der Waals surface area (Å²) in [6.07, 6.45) is 3.11. The molecule has 0 bridgehead atoms. The van der Waals surface area contributed by atoms with Gasteiger partial charge in [0.05, 0.1) is 11.6 Å². The molecule has 0 fully saturated rings. The van der Waals surface area contributed by atoms with Gasteiger partial charge in [-0.15, -0.1) is 11.3 Å². The van der Waals surface area contributed by atoms with Crippen LogP contribution in [0.5, 0.6) is 0 Å². The van der Waals surface area contributed by atoms with E-state index < -0.39 is 0 Å². The van der Waals surface area contributed by atoms with Crippen LogP contribution in [-0.4, -0.2) is 21.0 Å². The van der Waals surface area contributed by atoms with Crippen molar-refractivity contribution in [3.63, 3.8) is 0 Å². The largest absolute Gasteiger partial charge is 0.339 e. The molecule has 0 aliphatic carbocycles. The Bertz CT molecular complexity index is 953. The number of hydrogen-bond donors (Lipinski definition) is 1. The molecule has 27 heavy (non-hydrogen) atoms. The van der Waals surface area contributed by atoms with E-state index in [2.05, 4.69) is 26.5 Å². The summed E-state index contributed by atoms with van der Waals surface area (Å²) in [5, 5.41) is 16.1. The number of anilines is 1. The van der Waals surface area contributed by atoms with Gasteiger partial charge in [0, 0.05) is 36.3 Å². The van der Waals surface area contributed by atoms with Crippen molar-refractivity contribution in [2.75, 3.05) is 5.32 Å². The van der Waals surface area contributed by atoms with Gasteiger partial charge in [-0.25, -0.2) is 4.98 Å². The van der Waals surface area contributed by atoms with Gasteiger partial charge in [-0.05, 0) is 17.7 Å². The Labute approximate surface area is 161 Å². The first-order valence-electron chi connectivity index (χ1n) is 8.59. The van der Waals surface area contributed by atoms with Crippen LogP contribution in [0.3, 0.4) is 0 Å². The van der Waals surface area contributed by atoms with Gasteiger partial charge in [-0.1, -0.05) is 31.1 Å². The molecule has 3 rings (SSSR count). The number of nitrogens with one attached hydrogen (secondary N) is 1. The minimum absolute atomic E-state index is 0.140. The highest BCUT2D eigenvalue weighted by atomic mass is 32.1. The van der Waals surface area contributed by atoms with Gasteiger partial charge in [-0.3, -0.25) is 4.79 Å². The monoisotopic (exact) mass is 381 g/mol. The number of amides is 1. The molecule has 0 aliphatic rings. The van der Waals surface area contributed by atoms with Crippen molar-refractivity contribution in [3.05, 3.63) is 58.2 Å². The average molecular weight is 381 g/mol. The van der Waals surface area contributed by atoms with Crippen LogP contribution in [0.15, 0.2) is 35.0 Å². The van der Waals surface area contributed by atoms with Crippen LogP contribution in [0.1, 0.15) is 53.9 Å². The zero-order chi connectivity index (χ0) is 19.2. The number of nitrogens with zero attached hydrogens (tertiary/aromatic N) is 4. The molecule has 0 radical (unpaired) electrons. The maximum Gasteiger partial charge on any atom is 0.227 e. The van der Waals surface area contributed by atoms with E-state index in [9.17, 15) is 4.79 Å². The van der Waals surface area contributed by atoms with Crippen LogP contribution in [-0.2, 0) is 17.6 Å². The van der Waals surface area contributed by atoms with Crippen LogP contribution < -0.4 is 5.32 Å². The van der Waals surface area contributed by atoms with Crippen LogP contribution in [0.2, 0.25) is 0 Å². The summed E-state index contributed by atoms with van der Waals surface area (Å²) >= 11 is 1.44. The fourth-order valence-corrected chi connectivity index (χ4v) is 3.21. The van der Waals surface area contributed by atoms with E-state index >= 15 is 0 Å². The summed E-state index contributed by atoms with van der Waals surface area (Å²) in [7, 11) is 0. The van der Waals surface area contributed by atoms with E-state index in [0.29, 0.717) is 35.3 Å². The van der Waals surface area contributed by atoms with Gasteiger partial charge in [-0.2, -0.15) is 10.2 Å². The zero-order valence-corrected chi connectivity index (χ0v) is 15.9. The fourth-order valence-electron chi connectivity index (χ4n) is 2.35. The van der Waals surface area contributed by atoms with Gasteiger partial charge in [0.25, 0.3) is 0 Å². The quantitative estimate of drug-likeness (QED) is 0.669. The number of rotatable bonds is 7. The van der Waals surface area contributed by atoms with Crippen LogP contribution in [0.4, 0.5) is 5.13 Å². The number of benzene rings is 1. The molecule has 2 aromatic heterocycles. The Morgan fingerprint density at radius 1 is 1.33 bits per heavy atom. The molecule has 0 aliphatic heterocycles. The second kappa shape index (κ2) is 8.56. The maximum absolute atomic E-state index is 12.1. The highest BCUT2D eigenvalue weighted by molar-refractivity contribution is 7.15. The van der Waals surface area contributed by atoms with Crippen molar-refractivity contribution >= 4 is 22.4 Å². The molecular formula is C19H19N5O2S. The molecule has 0 saturated heterocycles. The van der Waals surface area contributed by atoms with Crippen molar-refractivity contribution in [1.29, 1.82) is 5.26 Å². The van der Waals surface area contributed by atoms with Gasteiger partial charge in [0.1, 0.15) is 0 Å². The number of thiazole rings is 1. The first-order valence-corrected chi connectivity index (χ1v) is 9.41. The van der Waals surface area contributed by atoms with Crippen LogP contribution in [0, 0.1) is 11.3 Å². The summed E-state index contributed by atoms with van der Waals surface area (Å²) in [6, 6.07) is 9.53. The third kappa shape index (κ3) is 5.21. The Kier molecular flexibility index (Phi) is 5.94. The van der Waals surface area contributed by atoms with Crippen molar-refractivity contribution in [2.45, 2.75) is 39.0 Å². The Hall–Kier alpha value is -3.05. The van der Waals surface area contributed by atoms with Crippen molar-refractivity contribution < 1.29 is 9.32 Å². The lowest BCUT2D eigenvalue weighted by Crippen LogP contribution is -2.12. The SMILES string of the molecule is CC(C)c1noc(CCC(=O)Nc2ncc(Cc3ccc(C#N)cc3)s2)n1. The first kappa shape index (κ1) is 18.7. The molecule has 0 atom stereocenters. The molecule has 1 N–H and O–H groups in total. The first-order chi connectivity index (χ1) is 13.0. The van der Waals surface area contributed by atoms with E-state index in [4.69, 9.17) is 9.78 Å². The number of aromatic nitrogens is 3. The van der Waals surface area contributed by atoms with Gasteiger partial charge in [0.2, 0.25) is 11.8 Å². The number of hydrogen-bond acceptors (Lipinski definition) is 7. The highest BCUT2D eigenvalue weighted by Gasteiger charge is 2.12. The predicted octanol–water partition coefficient (Wildman–Crippen LogP) is 3.68. The summed E-state index contributed by atoms with van der Waals surface area (Å²) in [5.74, 6) is 1.17. The van der Waals surface area contributed by atoms with Crippen molar-refractivity contribution in [2.24, 2.45) is 0 Å². The maximum atomic E-state index is 12.1. The van der Waals surface area contributed by atoms with Crippen molar-refractivity contribution in [3.8, 4) is 6.07 Å². The lowest BCUT2D eigenvalue weighted by Gasteiger charge is -2.00. The predicted molar refractivity (Wildman–Crippen MR) is 101 cm³/mol. The number of carbonyl (C=O) groups excluding carboxylic acids is 1. The third-order valence-electron chi connectivity index (χ3n) is 3.83. The topological polar surface area (TPSA) is 105 Å². The Morgan fingerprint density at radius 2 is 2.11 bits per heavy atom. The number of nitriles is 1. The Morgan fingerprint density at radius 3 is 2.78 bits per heavy atom. The Balaban J connectivity index is 1.50. The van der Waals surface area contributed by atoms with Gasteiger partial charge >= 0.3 is 0 Å². The molecule has 7 nitrogen and oxygen atoms in total. The summed E-state index contributed by atoms with van der Waals surface area (Å²) < 4.78 is 5.14. The van der Waals surface area contributed by atoms with Gasteiger partial charge in [0.15, 0.2) is 11.0 Å². The van der Waals surface area contributed by atoms with E-state index in [1.807, 2.05) is 26.0 Å². The lowest BCUT2D eigenvalue weighted by atomic mass is 10.1. The van der Waals surface area contributed by atoms with Crippen molar-refractivity contribution in [1.82, 2.24) is 15.1 Å². The lowest BCUT2D eigenvalue weighted by molar-refractivity contribution is -0.116. The molecule has 1 amide bonds. The smallest absolute Gasteiger partial charge is 0.227 e. The third-order valence-corrected chi connectivity index (χ3v) is 4.74. The summed E-state index contributed by atoms with van der Waals surface area (Å²) in [6.45, 7) is 3.97. The van der Waals surface area contributed by atoms with E-state index in [1.54, 1.807) is 18.3 Å². The second-order valence-corrected chi connectivity index (χ2v) is 7.48. The molecule has 2 heterocycles. The standard InChI is InChI=1S/C19H19N5O2S/c1-12(2)18-23-17(26-24-18)8-7-16(25)22-19-21-11-15(27-19)9-13-3-5-14(10-20)6-4-13/h3-6,11-12H,7-9H2,1-2H3,(H,21,22,25). The highest BCUT2D eigenvalue weighted by Crippen LogP contribution is 2.21. The normalized spacial score (nSPS) is 10.7. The van der Waals surface area contributed by atoms with E-state index in [0.717, 1.165) is 10.4 Å². The average Bonchev–Trinajstić information content (AvgIpc) is 3.30. The molecule has 0 saturated carbocycles. The summed E-state index contributed by atoms with van der Waals surface area (Å²) in [5.41, 5.74) is 1.73. The fraction of sp³-hybridized carbons (Fsp3) is 0.316. The van der Waals surface area contributed by atoms with E-state index in [-0.39, 0.29) is 18.2 Å². The number of aryl methyl sites for hydroxylation is 1. The number of carbonyl (C=O) groups is 1. The zero-order valence-electron chi connectivity index (χ0n) is 15.1. The second-order valence-electron chi connectivity index (χ2n) is 6.37. The molecule has 8 heteroatoms. The molecule has 0 unspecified atom stereocenters. The molecule has 1 aromatic carbocycles. The minimum Gasteiger partial charge on any atom is -0.339 e. The van der Waals surface area contributed by atoms with Crippen LogP contribution in [0.25, 0.3) is 0 Å². The molecule has 0 spiro atoms. The summed E-state index contributed by atoms with van der Waals surface area (Å²) in [4.78, 5) is 21.6. The van der Waals surface area contributed by atoms with Crippen LogP contribution >= 0.6 is 11.3 Å². The van der Waals surface area contributed by atoms with Gasteiger partial charge < -0.3 is 9.84 Å². The minimum atomic E-state index is -0.140.